The van der Waals surface area contributed by atoms with E-state index in [4.69, 9.17) is 10.5 Å². The second-order valence-electron chi connectivity index (χ2n) is 3.93. The third-order valence-electron chi connectivity index (χ3n) is 2.87. The van der Waals surface area contributed by atoms with Gasteiger partial charge in [-0.05, 0) is 18.6 Å². The maximum Gasteiger partial charge on any atom is 0.118 e. The van der Waals surface area contributed by atoms with E-state index in [2.05, 4.69) is 9.38 Å². The van der Waals surface area contributed by atoms with Gasteiger partial charge in [0, 0.05) is 24.4 Å². The van der Waals surface area contributed by atoms with E-state index in [0.29, 0.717) is 5.92 Å². The summed E-state index contributed by atoms with van der Waals surface area (Å²) < 4.78 is 7.44. The van der Waals surface area contributed by atoms with Crippen LogP contribution < -0.4 is 5.73 Å². The van der Waals surface area contributed by atoms with Crippen LogP contribution in [0.25, 0.3) is 5.52 Å². The summed E-state index contributed by atoms with van der Waals surface area (Å²) >= 11 is 0. The SMILES string of the molecule is Nc1ccc2cnc(C3CCOC3)n2c1. The summed E-state index contributed by atoms with van der Waals surface area (Å²) in [5.74, 6) is 1.48. The van der Waals surface area contributed by atoms with Crippen molar-refractivity contribution in [2.45, 2.75) is 12.3 Å². The fourth-order valence-corrected chi connectivity index (χ4v) is 2.07. The zero-order chi connectivity index (χ0) is 10.3. The minimum absolute atomic E-state index is 0.411. The van der Waals surface area contributed by atoms with Crippen molar-refractivity contribution in [3.05, 3.63) is 30.4 Å². The fourth-order valence-electron chi connectivity index (χ4n) is 2.07. The quantitative estimate of drug-likeness (QED) is 0.762. The number of aromatic nitrogens is 2. The van der Waals surface area contributed by atoms with Gasteiger partial charge in [0.15, 0.2) is 0 Å². The number of pyridine rings is 1. The summed E-state index contributed by atoms with van der Waals surface area (Å²) in [6, 6.07) is 3.88. The Kier molecular flexibility index (Phi) is 1.89. The molecule has 1 aliphatic heterocycles. The number of hydrogen-bond acceptors (Lipinski definition) is 3. The molecule has 1 saturated heterocycles. The van der Waals surface area contributed by atoms with Crippen molar-refractivity contribution in [1.29, 1.82) is 0 Å². The molecule has 3 rings (SSSR count). The Morgan fingerprint density at radius 3 is 3.20 bits per heavy atom. The number of ether oxygens (including phenoxy) is 1. The van der Waals surface area contributed by atoms with E-state index in [1.807, 2.05) is 24.5 Å². The van der Waals surface area contributed by atoms with Crippen LogP contribution in [0.1, 0.15) is 18.2 Å². The molecule has 2 aromatic rings. The summed E-state index contributed by atoms with van der Waals surface area (Å²) in [7, 11) is 0. The number of fused-ring (bicyclic) bond motifs is 1. The molecule has 2 aromatic heterocycles. The van der Waals surface area contributed by atoms with Crippen LogP contribution in [0.4, 0.5) is 5.69 Å². The van der Waals surface area contributed by atoms with Crippen LogP contribution in [0.15, 0.2) is 24.5 Å². The van der Waals surface area contributed by atoms with E-state index >= 15 is 0 Å². The lowest BCUT2D eigenvalue weighted by Crippen LogP contribution is -2.04. The molecule has 0 spiro atoms. The molecule has 78 valence electrons. The Labute approximate surface area is 87.7 Å². The molecule has 15 heavy (non-hydrogen) atoms. The van der Waals surface area contributed by atoms with Gasteiger partial charge in [0.1, 0.15) is 5.82 Å². The minimum atomic E-state index is 0.411. The second-order valence-corrected chi connectivity index (χ2v) is 3.93. The molecule has 1 fully saturated rings. The standard InChI is InChI=1S/C11H13N3O/c12-9-1-2-10-5-13-11(14(10)6-9)8-3-4-15-7-8/h1-2,5-6,8H,3-4,7,12H2. The first-order valence-corrected chi connectivity index (χ1v) is 5.15. The molecule has 0 radical (unpaired) electrons. The number of anilines is 1. The van der Waals surface area contributed by atoms with Crippen molar-refractivity contribution in [2.75, 3.05) is 18.9 Å². The third-order valence-corrected chi connectivity index (χ3v) is 2.87. The van der Waals surface area contributed by atoms with Crippen LogP contribution in [0, 0.1) is 0 Å². The molecule has 2 N–H and O–H groups in total. The van der Waals surface area contributed by atoms with Crippen LogP contribution in [-0.2, 0) is 4.74 Å². The monoisotopic (exact) mass is 203 g/mol. The number of nitrogens with two attached hydrogens (primary N) is 1. The van der Waals surface area contributed by atoms with Crippen LogP contribution in [0.3, 0.4) is 0 Å². The van der Waals surface area contributed by atoms with Gasteiger partial charge in [-0.3, -0.25) is 0 Å². The van der Waals surface area contributed by atoms with Gasteiger partial charge in [0.05, 0.1) is 18.3 Å². The zero-order valence-corrected chi connectivity index (χ0v) is 8.39. The molecule has 0 aliphatic carbocycles. The van der Waals surface area contributed by atoms with Crippen molar-refractivity contribution >= 4 is 11.2 Å². The van der Waals surface area contributed by atoms with Crippen molar-refractivity contribution in [3.8, 4) is 0 Å². The summed E-state index contributed by atoms with van der Waals surface area (Å²) in [6.07, 6.45) is 4.86. The molecular weight excluding hydrogens is 190 g/mol. The first-order valence-electron chi connectivity index (χ1n) is 5.15. The second kappa shape index (κ2) is 3.24. The molecule has 4 heteroatoms. The maximum absolute atomic E-state index is 5.77. The number of rotatable bonds is 1. The molecule has 4 nitrogen and oxygen atoms in total. The Bertz CT molecular complexity index is 486. The highest BCUT2D eigenvalue weighted by Gasteiger charge is 2.21. The Hall–Kier alpha value is -1.55. The average molecular weight is 203 g/mol. The number of hydrogen-bond donors (Lipinski definition) is 1. The van der Waals surface area contributed by atoms with E-state index in [1.165, 1.54) is 0 Å². The lowest BCUT2D eigenvalue weighted by Gasteiger charge is -2.06. The Morgan fingerprint density at radius 2 is 2.40 bits per heavy atom. The van der Waals surface area contributed by atoms with Crippen molar-refractivity contribution in [3.63, 3.8) is 0 Å². The van der Waals surface area contributed by atoms with Gasteiger partial charge in [-0.15, -0.1) is 0 Å². The van der Waals surface area contributed by atoms with E-state index < -0.39 is 0 Å². The van der Waals surface area contributed by atoms with E-state index in [0.717, 1.165) is 36.7 Å². The first kappa shape index (κ1) is 8.73. The number of nitrogens with zero attached hydrogens (tertiary/aromatic N) is 2. The van der Waals surface area contributed by atoms with Crippen molar-refractivity contribution in [2.24, 2.45) is 0 Å². The summed E-state index contributed by atoms with van der Waals surface area (Å²) in [5.41, 5.74) is 7.62. The highest BCUT2D eigenvalue weighted by Crippen LogP contribution is 2.25. The molecule has 1 unspecified atom stereocenters. The van der Waals surface area contributed by atoms with Gasteiger partial charge in [0.2, 0.25) is 0 Å². The molecule has 0 saturated carbocycles. The lowest BCUT2D eigenvalue weighted by molar-refractivity contribution is 0.193. The van der Waals surface area contributed by atoms with E-state index in [9.17, 15) is 0 Å². The predicted octanol–water partition coefficient (Wildman–Crippen LogP) is 1.42. The van der Waals surface area contributed by atoms with Crippen LogP contribution in [-0.4, -0.2) is 22.6 Å². The summed E-state index contributed by atoms with van der Waals surface area (Å²) in [4.78, 5) is 4.45. The first-order chi connectivity index (χ1) is 7.34. The molecule has 0 bridgehead atoms. The summed E-state index contributed by atoms with van der Waals surface area (Å²) in [6.45, 7) is 1.61. The Balaban J connectivity index is 2.13. The lowest BCUT2D eigenvalue weighted by atomic mass is 10.1. The molecule has 0 amide bonds. The topological polar surface area (TPSA) is 52.5 Å². The predicted molar refractivity (Wildman–Crippen MR) is 57.8 cm³/mol. The van der Waals surface area contributed by atoms with Crippen LogP contribution in [0.2, 0.25) is 0 Å². The number of nitrogen functional groups attached to an aromatic ring is 1. The van der Waals surface area contributed by atoms with E-state index in [-0.39, 0.29) is 0 Å². The van der Waals surface area contributed by atoms with Gasteiger partial charge in [0.25, 0.3) is 0 Å². The third kappa shape index (κ3) is 1.37. The normalized spacial score (nSPS) is 21.2. The highest BCUT2D eigenvalue weighted by atomic mass is 16.5. The van der Waals surface area contributed by atoms with Crippen LogP contribution >= 0.6 is 0 Å². The van der Waals surface area contributed by atoms with Crippen molar-refractivity contribution < 1.29 is 4.74 Å². The molecule has 1 aliphatic rings. The van der Waals surface area contributed by atoms with E-state index in [1.54, 1.807) is 0 Å². The Morgan fingerprint density at radius 1 is 1.47 bits per heavy atom. The average Bonchev–Trinajstić information content (AvgIpc) is 2.83. The largest absolute Gasteiger partial charge is 0.398 e. The van der Waals surface area contributed by atoms with Gasteiger partial charge < -0.3 is 14.9 Å². The molecular formula is C11H13N3O. The maximum atomic E-state index is 5.77. The molecule has 0 aromatic carbocycles. The smallest absolute Gasteiger partial charge is 0.118 e. The highest BCUT2D eigenvalue weighted by molar-refractivity contribution is 5.52. The van der Waals surface area contributed by atoms with Gasteiger partial charge in [-0.1, -0.05) is 0 Å². The summed E-state index contributed by atoms with van der Waals surface area (Å²) in [5, 5.41) is 0. The van der Waals surface area contributed by atoms with Gasteiger partial charge in [-0.2, -0.15) is 0 Å². The minimum Gasteiger partial charge on any atom is -0.398 e. The molecule has 3 heterocycles. The number of imidazole rings is 1. The fraction of sp³-hybridized carbons (Fsp3) is 0.364. The van der Waals surface area contributed by atoms with Gasteiger partial charge >= 0.3 is 0 Å². The van der Waals surface area contributed by atoms with Crippen molar-refractivity contribution in [1.82, 2.24) is 9.38 Å². The zero-order valence-electron chi connectivity index (χ0n) is 8.39. The van der Waals surface area contributed by atoms with Gasteiger partial charge in [-0.25, -0.2) is 4.98 Å². The molecule has 1 atom stereocenters. The van der Waals surface area contributed by atoms with Crippen LogP contribution in [0.5, 0.6) is 0 Å².